The fourth-order valence-electron chi connectivity index (χ4n) is 2.45. The number of carbonyl (C=O) groups excluding carboxylic acids is 1. The highest BCUT2D eigenvalue weighted by Gasteiger charge is 2.19. The molecule has 0 saturated heterocycles. The number of ether oxygens (including phenoxy) is 1. The van der Waals surface area contributed by atoms with E-state index in [9.17, 15) is 4.79 Å². The van der Waals surface area contributed by atoms with E-state index < -0.39 is 0 Å². The molecule has 2 N–H and O–H groups in total. The first-order chi connectivity index (χ1) is 11.1. The minimum Gasteiger partial charge on any atom is -0.468 e. The SMILES string of the molecule is CC[C@@H](NC(=O)c1ccc(OC)o1)c1nc2ccc(C)cc2[nH]1. The van der Waals surface area contributed by atoms with Crippen LogP contribution in [0.2, 0.25) is 0 Å². The third-order valence-electron chi connectivity index (χ3n) is 3.71. The molecule has 0 saturated carbocycles. The molecule has 3 aromatic rings. The van der Waals surface area contributed by atoms with Gasteiger partial charge in [0.15, 0.2) is 5.76 Å². The lowest BCUT2D eigenvalue weighted by molar-refractivity contribution is 0.0899. The summed E-state index contributed by atoms with van der Waals surface area (Å²) in [5, 5.41) is 2.93. The number of hydrogen-bond donors (Lipinski definition) is 2. The third-order valence-corrected chi connectivity index (χ3v) is 3.71. The van der Waals surface area contributed by atoms with E-state index in [1.807, 2.05) is 32.0 Å². The van der Waals surface area contributed by atoms with Crippen LogP contribution in [0.25, 0.3) is 11.0 Å². The molecule has 0 fully saturated rings. The van der Waals surface area contributed by atoms with Gasteiger partial charge >= 0.3 is 0 Å². The van der Waals surface area contributed by atoms with Crippen molar-refractivity contribution in [1.29, 1.82) is 0 Å². The molecule has 2 heterocycles. The number of benzene rings is 1. The van der Waals surface area contributed by atoms with Crippen molar-refractivity contribution in [1.82, 2.24) is 15.3 Å². The van der Waals surface area contributed by atoms with Crippen molar-refractivity contribution in [2.45, 2.75) is 26.3 Å². The highest BCUT2D eigenvalue weighted by atomic mass is 16.6. The first-order valence-corrected chi connectivity index (χ1v) is 7.51. The molecule has 0 spiro atoms. The van der Waals surface area contributed by atoms with E-state index >= 15 is 0 Å². The van der Waals surface area contributed by atoms with Crippen molar-refractivity contribution >= 4 is 16.9 Å². The summed E-state index contributed by atoms with van der Waals surface area (Å²) in [5.74, 6) is 0.964. The summed E-state index contributed by atoms with van der Waals surface area (Å²) in [6, 6.07) is 9.00. The molecule has 6 heteroatoms. The number of nitrogens with zero attached hydrogens (tertiary/aromatic N) is 1. The van der Waals surface area contributed by atoms with Crippen LogP contribution in [0.15, 0.2) is 34.7 Å². The predicted octanol–water partition coefficient (Wildman–Crippen LogP) is 3.35. The number of nitrogens with one attached hydrogen (secondary N) is 2. The topological polar surface area (TPSA) is 80.2 Å². The fraction of sp³-hybridized carbons (Fsp3) is 0.294. The monoisotopic (exact) mass is 313 g/mol. The summed E-state index contributed by atoms with van der Waals surface area (Å²) >= 11 is 0. The number of carbonyl (C=O) groups is 1. The number of aromatic amines is 1. The van der Waals surface area contributed by atoms with Crippen LogP contribution in [0.4, 0.5) is 0 Å². The zero-order chi connectivity index (χ0) is 16.4. The molecule has 0 bridgehead atoms. The van der Waals surface area contributed by atoms with E-state index in [0.717, 1.165) is 22.4 Å². The number of imidazole rings is 1. The van der Waals surface area contributed by atoms with Crippen LogP contribution in [-0.2, 0) is 0 Å². The minimum atomic E-state index is -0.295. The lowest BCUT2D eigenvalue weighted by atomic mass is 10.2. The van der Waals surface area contributed by atoms with Crippen LogP contribution in [-0.4, -0.2) is 23.0 Å². The van der Waals surface area contributed by atoms with Gasteiger partial charge in [-0.05, 0) is 37.1 Å². The molecular weight excluding hydrogens is 294 g/mol. The summed E-state index contributed by atoms with van der Waals surface area (Å²) in [7, 11) is 1.49. The highest BCUT2D eigenvalue weighted by Crippen LogP contribution is 2.21. The maximum atomic E-state index is 12.3. The van der Waals surface area contributed by atoms with E-state index in [-0.39, 0.29) is 17.7 Å². The average Bonchev–Trinajstić information content (AvgIpc) is 3.18. The lowest BCUT2D eigenvalue weighted by Gasteiger charge is -2.13. The van der Waals surface area contributed by atoms with Crippen LogP contribution in [0.5, 0.6) is 5.95 Å². The Morgan fingerprint density at radius 3 is 2.91 bits per heavy atom. The zero-order valence-corrected chi connectivity index (χ0v) is 13.3. The maximum absolute atomic E-state index is 12.3. The minimum absolute atomic E-state index is 0.215. The number of hydrogen-bond acceptors (Lipinski definition) is 4. The fourth-order valence-corrected chi connectivity index (χ4v) is 2.45. The van der Waals surface area contributed by atoms with Gasteiger partial charge in [-0.3, -0.25) is 4.79 Å². The Kier molecular flexibility index (Phi) is 4.06. The molecule has 1 atom stereocenters. The Hall–Kier alpha value is -2.76. The number of aryl methyl sites for hydroxylation is 1. The highest BCUT2D eigenvalue weighted by molar-refractivity contribution is 5.91. The van der Waals surface area contributed by atoms with Crippen LogP contribution >= 0.6 is 0 Å². The average molecular weight is 313 g/mol. The van der Waals surface area contributed by atoms with Gasteiger partial charge in [0.05, 0.1) is 24.2 Å². The molecule has 2 aromatic heterocycles. The molecule has 0 radical (unpaired) electrons. The third kappa shape index (κ3) is 3.06. The molecule has 1 amide bonds. The summed E-state index contributed by atoms with van der Waals surface area (Å²) in [6.07, 6.45) is 0.711. The van der Waals surface area contributed by atoms with Gasteiger partial charge < -0.3 is 19.5 Å². The number of fused-ring (bicyclic) bond motifs is 1. The molecule has 0 aliphatic heterocycles. The van der Waals surface area contributed by atoms with Crippen molar-refractivity contribution in [2.24, 2.45) is 0 Å². The number of methoxy groups -OCH3 is 1. The molecular formula is C17H19N3O3. The summed E-state index contributed by atoms with van der Waals surface area (Å²) in [5.41, 5.74) is 3.01. The van der Waals surface area contributed by atoms with Gasteiger partial charge in [0.25, 0.3) is 11.9 Å². The van der Waals surface area contributed by atoms with E-state index in [1.54, 1.807) is 12.1 Å². The second kappa shape index (κ2) is 6.16. The largest absolute Gasteiger partial charge is 0.468 e. The van der Waals surface area contributed by atoms with Crippen molar-refractivity contribution < 1.29 is 13.9 Å². The maximum Gasteiger partial charge on any atom is 0.287 e. The van der Waals surface area contributed by atoms with Gasteiger partial charge in [0.2, 0.25) is 0 Å². The van der Waals surface area contributed by atoms with Crippen molar-refractivity contribution in [3.05, 3.63) is 47.5 Å². The van der Waals surface area contributed by atoms with Crippen LogP contribution < -0.4 is 10.1 Å². The number of amides is 1. The van der Waals surface area contributed by atoms with E-state index in [4.69, 9.17) is 9.15 Å². The van der Waals surface area contributed by atoms with Crippen LogP contribution in [0.1, 0.15) is 41.3 Å². The lowest BCUT2D eigenvalue weighted by Crippen LogP contribution is -2.28. The van der Waals surface area contributed by atoms with Crippen molar-refractivity contribution in [3.63, 3.8) is 0 Å². The van der Waals surface area contributed by atoms with Crippen molar-refractivity contribution in [3.8, 4) is 5.95 Å². The van der Waals surface area contributed by atoms with E-state index in [0.29, 0.717) is 12.4 Å². The Bertz CT molecular complexity index is 835. The van der Waals surface area contributed by atoms with E-state index in [1.165, 1.54) is 7.11 Å². The molecule has 0 unspecified atom stereocenters. The Labute approximate surface area is 133 Å². The molecule has 1 aromatic carbocycles. The quantitative estimate of drug-likeness (QED) is 0.757. The first kappa shape index (κ1) is 15.1. The second-order valence-electron chi connectivity index (χ2n) is 5.40. The first-order valence-electron chi connectivity index (χ1n) is 7.51. The molecule has 23 heavy (non-hydrogen) atoms. The van der Waals surface area contributed by atoms with Gasteiger partial charge in [-0.25, -0.2) is 4.98 Å². The summed E-state index contributed by atoms with van der Waals surface area (Å²) in [4.78, 5) is 20.1. The number of aromatic nitrogens is 2. The summed E-state index contributed by atoms with van der Waals surface area (Å²) in [6.45, 7) is 4.02. The molecule has 0 aliphatic rings. The number of furan rings is 1. The standard InChI is InChI=1S/C17H19N3O3/c1-4-11(20-17(21)14-7-8-15(22-3)23-14)16-18-12-6-5-10(2)9-13(12)19-16/h5-9,11H,4H2,1-3H3,(H,18,19)(H,20,21)/t11-/m1/s1. The van der Waals surface area contributed by atoms with Gasteiger partial charge in [-0.1, -0.05) is 13.0 Å². The summed E-state index contributed by atoms with van der Waals surface area (Å²) < 4.78 is 10.2. The Morgan fingerprint density at radius 2 is 2.22 bits per heavy atom. The second-order valence-corrected chi connectivity index (χ2v) is 5.40. The van der Waals surface area contributed by atoms with Crippen LogP contribution in [0.3, 0.4) is 0 Å². The van der Waals surface area contributed by atoms with E-state index in [2.05, 4.69) is 15.3 Å². The smallest absolute Gasteiger partial charge is 0.287 e. The Balaban J connectivity index is 1.81. The molecule has 6 nitrogen and oxygen atoms in total. The number of H-pyrrole nitrogens is 1. The van der Waals surface area contributed by atoms with Gasteiger partial charge in [0, 0.05) is 6.07 Å². The van der Waals surface area contributed by atoms with Crippen molar-refractivity contribution in [2.75, 3.05) is 7.11 Å². The predicted molar refractivity (Wildman–Crippen MR) is 86.6 cm³/mol. The molecule has 3 rings (SSSR count). The molecule has 120 valence electrons. The normalized spacial score (nSPS) is 12.3. The van der Waals surface area contributed by atoms with Crippen LogP contribution in [0, 0.1) is 6.92 Å². The van der Waals surface area contributed by atoms with Gasteiger partial charge in [-0.15, -0.1) is 0 Å². The van der Waals surface area contributed by atoms with Gasteiger partial charge in [0.1, 0.15) is 5.82 Å². The van der Waals surface area contributed by atoms with Gasteiger partial charge in [-0.2, -0.15) is 0 Å². The zero-order valence-electron chi connectivity index (χ0n) is 13.3. The Morgan fingerprint density at radius 1 is 1.39 bits per heavy atom. The number of rotatable bonds is 5. The molecule has 0 aliphatic carbocycles.